The lowest BCUT2D eigenvalue weighted by atomic mass is 10.1. The fraction of sp³-hybridized carbons (Fsp3) is 0.744. The zero-order valence-corrected chi connectivity index (χ0v) is 34.9. The van der Waals surface area contributed by atoms with Gasteiger partial charge in [0.1, 0.15) is 13.2 Å². The van der Waals surface area contributed by atoms with E-state index in [4.69, 9.17) is 9.05 Å². The van der Waals surface area contributed by atoms with Gasteiger partial charge in [0.15, 0.2) is 0 Å². The molecule has 0 aliphatic rings. The fourth-order valence-corrected chi connectivity index (χ4v) is 6.10. The number of phosphoric acid groups is 1. The zero-order chi connectivity index (χ0) is 38.6. The molecule has 0 saturated heterocycles. The molecule has 0 radical (unpaired) electrons. The maximum absolute atomic E-state index is 12.8. The molecular formula is C43H79N2O6P. The van der Waals surface area contributed by atoms with Gasteiger partial charge in [0.25, 0.3) is 7.82 Å². The number of unbranched alkanes of at least 4 members (excludes halogenated alkanes) is 15. The van der Waals surface area contributed by atoms with Crippen LogP contribution in [0.3, 0.4) is 0 Å². The molecule has 0 saturated carbocycles. The second kappa shape index (κ2) is 34.9. The number of likely N-dealkylation sites (N-methyl/N-ethyl adjacent to an activating group) is 1. The van der Waals surface area contributed by atoms with Crippen molar-refractivity contribution in [3.05, 3.63) is 60.8 Å². The van der Waals surface area contributed by atoms with Crippen molar-refractivity contribution >= 4 is 13.7 Å². The SMILES string of the molecule is CCCCCCCCC/C=C/C/C=C/C/C=C/C/C=C/CCCC(=O)N[C@@H](COP(=O)([O-])OCC[N+](C)(C)C)[C@H](O)/C=C/CCCCCCCCC. The Balaban J connectivity index is 4.49. The van der Waals surface area contributed by atoms with Gasteiger partial charge in [-0.3, -0.25) is 9.36 Å². The normalized spacial score (nSPS) is 15.1. The van der Waals surface area contributed by atoms with Crippen LogP contribution in [0, 0.1) is 0 Å². The molecule has 52 heavy (non-hydrogen) atoms. The van der Waals surface area contributed by atoms with Crippen molar-refractivity contribution < 1.29 is 32.9 Å². The van der Waals surface area contributed by atoms with Crippen LogP contribution in [0.1, 0.15) is 155 Å². The van der Waals surface area contributed by atoms with Gasteiger partial charge in [-0.2, -0.15) is 0 Å². The average molecular weight is 751 g/mol. The molecule has 3 atom stereocenters. The van der Waals surface area contributed by atoms with E-state index in [1.165, 1.54) is 83.5 Å². The van der Waals surface area contributed by atoms with Crippen LogP contribution in [0.5, 0.6) is 0 Å². The molecule has 8 nitrogen and oxygen atoms in total. The van der Waals surface area contributed by atoms with E-state index in [1.54, 1.807) is 6.08 Å². The number of carbonyl (C=O) groups excluding carboxylic acids is 1. The van der Waals surface area contributed by atoms with Crippen molar-refractivity contribution in [1.29, 1.82) is 0 Å². The largest absolute Gasteiger partial charge is 0.756 e. The van der Waals surface area contributed by atoms with Gasteiger partial charge in [0.05, 0.1) is 39.9 Å². The van der Waals surface area contributed by atoms with Crippen molar-refractivity contribution in [3.8, 4) is 0 Å². The molecule has 0 fully saturated rings. The first-order valence-corrected chi connectivity index (χ1v) is 22.1. The molecule has 0 rings (SSSR count). The van der Waals surface area contributed by atoms with Gasteiger partial charge in [-0.25, -0.2) is 0 Å². The minimum absolute atomic E-state index is 0.0140. The summed E-state index contributed by atoms with van der Waals surface area (Å²) in [6.45, 7) is 4.54. The van der Waals surface area contributed by atoms with E-state index >= 15 is 0 Å². The van der Waals surface area contributed by atoms with Crippen molar-refractivity contribution in [3.63, 3.8) is 0 Å². The molecule has 0 aromatic rings. The van der Waals surface area contributed by atoms with Gasteiger partial charge < -0.3 is 28.8 Å². The van der Waals surface area contributed by atoms with Crippen LogP contribution in [0.15, 0.2) is 60.8 Å². The number of phosphoric ester groups is 1. The second-order valence-corrected chi connectivity index (χ2v) is 16.4. The third-order valence-electron chi connectivity index (χ3n) is 8.72. The van der Waals surface area contributed by atoms with E-state index < -0.39 is 26.6 Å². The monoisotopic (exact) mass is 751 g/mol. The van der Waals surface area contributed by atoms with Gasteiger partial charge in [-0.1, -0.05) is 152 Å². The Morgan fingerprint density at radius 2 is 1.12 bits per heavy atom. The Morgan fingerprint density at radius 3 is 1.62 bits per heavy atom. The predicted molar refractivity (Wildman–Crippen MR) is 219 cm³/mol. The summed E-state index contributed by atoms with van der Waals surface area (Å²) in [6.07, 6.45) is 44.3. The Labute approximate surface area is 320 Å². The highest BCUT2D eigenvalue weighted by atomic mass is 31.2. The van der Waals surface area contributed by atoms with Gasteiger partial charge in [-0.05, 0) is 57.8 Å². The summed E-state index contributed by atoms with van der Waals surface area (Å²) in [4.78, 5) is 25.1. The first-order valence-electron chi connectivity index (χ1n) is 20.7. The van der Waals surface area contributed by atoms with Crippen LogP contribution in [0.2, 0.25) is 0 Å². The third-order valence-corrected chi connectivity index (χ3v) is 9.69. The Morgan fingerprint density at radius 1 is 0.673 bits per heavy atom. The highest BCUT2D eigenvalue weighted by molar-refractivity contribution is 7.45. The lowest BCUT2D eigenvalue weighted by molar-refractivity contribution is -0.870. The number of nitrogens with one attached hydrogen (secondary N) is 1. The van der Waals surface area contributed by atoms with Crippen LogP contribution >= 0.6 is 7.82 Å². The Kier molecular flexibility index (Phi) is 33.7. The maximum Gasteiger partial charge on any atom is 0.268 e. The van der Waals surface area contributed by atoms with Gasteiger partial charge in [-0.15, -0.1) is 0 Å². The molecule has 0 aliphatic carbocycles. The first kappa shape index (κ1) is 50.2. The number of allylic oxidation sites excluding steroid dienone is 9. The van der Waals surface area contributed by atoms with Gasteiger partial charge in [0.2, 0.25) is 5.91 Å². The number of hydrogen-bond acceptors (Lipinski definition) is 6. The number of aliphatic hydroxyl groups is 1. The molecule has 1 unspecified atom stereocenters. The number of rotatable bonds is 36. The lowest BCUT2D eigenvalue weighted by Gasteiger charge is -2.29. The maximum atomic E-state index is 12.8. The Bertz CT molecular complexity index is 1030. The molecule has 2 N–H and O–H groups in total. The summed E-state index contributed by atoms with van der Waals surface area (Å²) in [6, 6.07) is -0.914. The molecule has 0 aromatic carbocycles. The summed E-state index contributed by atoms with van der Waals surface area (Å²) in [5, 5.41) is 13.6. The molecular weight excluding hydrogens is 671 g/mol. The summed E-state index contributed by atoms with van der Waals surface area (Å²) in [5.74, 6) is -0.257. The zero-order valence-electron chi connectivity index (χ0n) is 34.0. The first-order chi connectivity index (χ1) is 25.0. The number of quaternary nitrogens is 1. The number of carbonyl (C=O) groups is 1. The van der Waals surface area contributed by atoms with E-state index in [-0.39, 0.29) is 18.9 Å². The summed E-state index contributed by atoms with van der Waals surface area (Å²) in [7, 11) is 1.21. The number of hydrogen-bond donors (Lipinski definition) is 2. The molecule has 302 valence electrons. The molecule has 0 aliphatic heterocycles. The molecule has 0 bridgehead atoms. The summed E-state index contributed by atoms with van der Waals surface area (Å²) >= 11 is 0. The van der Waals surface area contributed by atoms with E-state index in [9.17, 15) is 19.4 Å². The average Bonchev–Trinajstić information content (AvgIpc) is 3.09. The molecule has 9 heteroatoms. The van der Waals surface area contributed by atoms with Crippen LogP contribution in [-0.4, -0.2) is 68.5 Å². The fourth-order valence-electron chi connectivity index (χ4n) is 5.38. The van der Waals surface area contributed by atoms with Crippen LogP contribution < -0.4 is 10.2 Å². The molecule has 1 amide bonds. The number of amides is 1. The van der Waals surface area contributed by atoms with Crippen LogP contribution in [0.25, 0.3) is 0 Å². The molecule has 0 aromatic heterocycles. The van der Waals surface area contributed by atoms with E-state index in [0.717, 1.165) is 44.9 Å². The number of nitrogens with zero attached hydrogens (tertiary/aromatic N) is 1. The van der Waals surface area contributed by atoms with Crippen molar-refractivity contribution in [1.82, 2.24) is 5.32 Å². The van der Waals surface area contributed by atoms with Crippen LogP contribution in [-0.2, 0) is 18.4 Å². The van der Waals surface area contributed by atoms with Crippen molar-refractivity contribution in [2.24, 2.45) is 0 Å². The Hall–Kier alpha value is -1.80. The molecule has 0 spiro atoms. The van der Waals surface area contributed by atoms with E-state index in [1.807, 2.05) is 27.2 Å². The lowest BCUT2D eigenvalue weighted by Crippen LogP contribution is -2.45. The van der Waals surface area contributed by atoms with Crippen LogP contribution in [0.4, 0.5) is 0 Å². The van der Waals surface area contributed by atoms with E-state index in [0.29, 0.717) is 17.4 Å². The topological polar surface area (TPSA) is 108 Å². The minimum Gasteiger partial charge on any atom is -0.756 e. The van der Waals surface area contributed by atoms with Gasteiger partial charge >= 0.3 is 0 Å². The number of aliphatic hydroxyl groups excluding tert-OH is 1. The van der Waals surface area contributed by atoms with Crippen molar-refractivity contribution in [2.75, 3.05) is 40.9 Å². The van der Waals surface area contributed by atoms with Gasteiger partial charge in [0, 0.05) is 6.42 Å². The van der Waals surface area contributed by atoms with Crippen molar-refractivity contribution in [2.45, 2.75) is 167 Å². The summed E-state index contributed by atoms with van der Waals surface area (Å²) < 4.78 is 23.0. The summed E-state index contributed by atoms with van der Waals surface area (Å²) in [5.41, 5.74) is 0. The third kappa shape index (κ3) is 36.6. The smallest absolute Gasteiger partial charge is 0.268 e. The highest BCUT2D eigenvalue weighted by Gasteiger charge is 2.23. The van der Waals surface area contributed by atoms with E-state index in [2.05, 4.69) is 67.8 Å². The molecule has 0 heterocycles. The minimum atomic E-state index is -4.59. The quantitative estimate of drug-likeness (QED) is 0.0286. The second-order valence-electron chi connectivity index (χ2n) is 15.0. The predicted octanol–water partition coefficient (Wildman–Crippen LogP) is 10.4. The standard InChI is InChI=1S/C43H79N2O6P/c1-6-8-10-12-14-16-17-18-19-20-21-22-23-24-25-26-27-29-31-33-35-37-43(47)44-41(40-51-52(48,49)50-39-38-45(3,4)5)42(46)36-34-32-30-28-15-13-11-9-7-2/h19-20,22-23,25-26,29,31,34,36,41-42,46H,6-18,21,24,27-28,30,32-33,35,37-40H2,1-5H3,(H-,44,47,48,49)/b20-19+,23-22+,26-25+,31-29+,36-34+/t41-,42+/m0/s1. The highest BCUT2D eigenvalue weighted by Crippen LogP contribution is 2.38.